The predicted molar refractivity (Wildman–Crippen MR) is 69.3 cm³/mol. The Balaban J connectivity index is 2.90. The molecule has 2 heteroatoms. The number of allylic oxidation sites excluding steroid dienone is 5. The molecule has 16 heavy (non-hydrogen) atoms. The molecule has 0 aliphatic heterocycles. The SMILES string of the molecule is C=C/C=C\C=C(/C)C(CC)c1nccn1C. The normalized spacial score (nSPS) is 14.3. The van der Waals surface area contributed by atoms with Crippen LogP contribution < -0.4 is 0 Å². The lowest BCUT2D eigenvalue weighted by Gasteiger charge is -2.15. The van der Waals surface area contributed by atoms with Gasteiger partial charge < -0.3 is 4.57 Å². The van der Waals surface area contributed by atoms with Crippen LogP contribution in [0.4, 0.5) is 0 Å². The summed E-state index contributed by atoms with van der Waals surface area (Å²) in [6.07, 6.45) is 12.8. The molecule has 0 aliphatic rings. The average Bonchev–Trinajstić information content (AvgIpc) is 2.67. The summed E-state index contributed by atoms with van der Waals surface area (Å²) in [7, 11) is 2.04. The Morgan fingerprint density at radius 3 is 2.81 bits per heavy atom. The van der Waals surface area contributed by atoms with Gasteiger partial charge in [0.1, 0.15) is 5.82 Å². The van der Waals surface area contributed by atoms with Crippen molar-refractivity contribution in [1.29, 1.82) is 0 Å². The molecule has 0 N–H and O–H groups in total. The molecule has 1 aromatic heterocycles. The van der Waals surface area contributed by atoms with Gasteiger partial charge >= 0.3 is 0 Å². The van der Waals surface area contributed by atoms with Crippen molar-refractivity contribution >= 4 is 0 Å². The Bertz CT molecular complexity index is 397. The van der Waals surface area contributed by atoms with Gasteiger partial charge in [-0.3, -0.25) is 0 Å². The second-order valence-corrected chi connectivity index (χ2v) is 3.89. The quantitative estimate of drug-likeness (QED) is 0.688. The van der Waals surface area contributed by atoms with Crippen molar-refractivity contribution in [2.75, 3.05) is 0 Å². The number of rotatable bonds is 5. The van der Waals surface area contributed by atoms with Crippen molar-refractivity contribution in [2.45, 2.75) is 26.2 Å². The van der Waals surface area contributed by atoms with Crippen LogP contribution in [-0.2, 0) is 7.05 Å². The Morgan fingerprint density at radius 1 is 1.56 bits per heavy atom. The minimum absolute atomic E-state index is 0.398. The molecule has 1 aromatic rings. The van der Waals surface area contributed by atoms with Gasteiger partial charge in [-0.25, -0.2) is 4.98 Å². The largest absolute Gasteiger partial charge is 0.338 e. The third-order valence-corrected chi connectivity index (χ3v) is 2.73. The molecule has 1 unspecified atom stereocenters. The molecule has 1 rings (SSSR count). The summed E-state index contributed by atoms with van der Waals surface area (Å²) in [5.74, 6) is 1.53. The molecule has 0 aromatic carbocycles. The van der Waals surface area contributed by atoms with Crippen molar-refractivity contribution in [1.82, 2.24) is 9.55 Å². The first-order chi connectivity index (χ1) is 7.70. The van der Waals surface area contributed by atoms with Gasteiger partial charge in [0.15, 0.2) is 0 Å². The molecule has 0 fully saturated rings. The molecule has 1 atom stereocenters. The molecule has 1 heterocycles. The van der Waals surface area contributed by atoms with Gasteiger partial charge in [-0.15, -0.1) is 0 Å². The third kappa shape index (κ3) is 2.96. The van der Waals surface area contributed by atoms with E-state index in [0.717, 1.165) is 12.2 Å². The fourth-order valence-corrected chi connectivity index (χ4v) is 1.82. The maximum Gasteiger partial charge on any atom is 0.115 e. The first kappa shape index (κ1) is 12.5. The minimum atomic E-state index is 0.398. The fourth-order valence-electron chi connectivity index (χ4n) is 1.82. The summed E-state index contributed by atoms with van der Waals surface area (Å²) in [6, 6.07) is 0. The maximum atomic E-state index is 4.41. The first-order valence-corrected chi connectivity index (χ1v) is 5.63. The molecule has 0 saturated carbocycles. The Labute approximate surface area is 98.0 Å². The van der Waals surface area contributed by atoms with E-state index in [2.05, 4.69) is 36.1 Å². The van der Waals surface area contributed by atoms with Gasteiger partial charge in [0.25, 0.3) is 0 Å². The highest BCUT2D eigenvalue weighted by atomic mass is 15.0. The highest BCUT2D eigenvalue weighted by Crippen LogP contribution is 2.25. The van der Waals surface area contributed by atoms with Crippen LogP contribution >= 0.6 is 0 Å². The van der Waals surface area contributed by atoms with E-state index < -0.39 is 0 Å². The second-order valence-electron chi connectivity index (χ2n) is 3.89. The highest BCUT2D eigenvalue weighted by Gasteiger charge is 2.14. The lowest BCUT2D eigenvalue weighted by Crippen LogP contribution is -2.06. The lowest BCUT2D eigenvalue weighted by molar-refractivity contribution is 0.662. The van der Waals surface area contributed by atoms with Crippen LogP contribution in [0.3, 0.4) is 0 Å². The van der Waals surface area contributed by atoms with Gasteiger partial charge in [0.2, 0.25) is 0 Å². The average molecular weight is 216 g/mol. The Hall–Kier alpha value is -1.57. The van der Waals surface area contributed by atoms with E-state index in [1.54, 1.807) is 6.08 Å². The zero-order chi connectivity index (χ0) is 12.0. The summed E-state index contributed by atoms with van der Waals surface area (Å²) >= 11 is 0. The van der Waals surface area contributed by atoms with Gasteiger partial charge in [-0.05, 0) is 13.3 Å². The van der Waals surface area contributed by atoms with Crippen LogP contribution in [0.25, 0.3) is 0 Å². The van der Waals surface area contributed by atoms with Crippen molar-refractivity contribution < 1.29 is 0 Å². The standard InChI is InChI=1S/C14H20N2/c1-5-7-8-9-12(3)13(6-2)14-15-10-11-16(14)4/h5,7-11,13H,1,6H2,2-4H3/b8-7-,12-9+. The van der Waals surface area contributed by atoms with Gasteiger partial charge in [-0.1, -0.05) is 43.4 Å². The Kier molecular flexibility index (Phi) is 4.77. The molecule has 0 saturated heterocycles. The van der Waals surface area contributed by atoms with Crippen LogP contribution in [-0.4, -0.2) is 9.55 Å². The zero-order valence-electron chi connectivity index (χ0n) is 10.4. The number of imidazole rings is 1. The molecule has 2 nitrogen and oxygen atoms in total. The highest BCUT2D eigenvalue weighted by molar-refractivity contribution is 5.23. The topological polar surface area (TPSA) is 17.8 Å². The van der Waals surface area contributed by atoms with Crippen molar-refractivity contribution in [3.63, 3.8) is 0 Å². The molecular formula is C14H20N2. The second kappa shape index (κ2) is 6.11. The third-order valence-electron chi connectivity index (χ3n) is 2.73. The molecule has 0 radical (unpaired) electrons. The summed E-state index contributed by atoms with van der Waals surface area (Å²) in [5, 5.41) is 0. The van der Waals surface area contributed by atoms with E-state index in [9.17, 15) is 0 Å². The monoisotopic (exact) mass is 216 g/mol. The minimum Gasteiger partial charge on any atom is -0.338 e. The molecular weight excluding hydrogens is 196 g/mol. The van der Waals surface area contributed by atoms with Crippen molar-refractivity contribution in [2.24, 2.45) is 7.05 Å². The van der Waals surface area contributed by atoms with E-state index >= 15 is 0 Å². The fraction of sp³-hybridized carbons (Fsp3) is 0.357. The number of hydrogen-bond donors (Lipinski definition) is 0. The van der Waals surface area contributed by atoms with E-state index in [1.165, 1.54) is 5.57 Å². The van der Waals surface area contributed by atoms with E-state index in [0.29, 0.717) is 5.92 Å². The summed E-state index contributed by atoms with van der Waals surface area (Å²) in [5.41, 5.74) is 1.33. The van der Waals surface area contributed by atoms with Gasteiger partial charge in [-0.2, -0.15) is 0 Å². The van der Waals surface area contributed by atoms with Crippen molar-refractivity contribution in [3.05, 3.63) is 54.7 Å². The number of hydrogen-bond acceptors (Lipinski definition) is 1. The summed E-state index contributed by atoms with van der Waals surface area (Å²) in [6.45, 7) is 7.99. The van der Waals surface area contributed by atoms with E-state index in [-0.39, 0.29) is 0 Å². The molecule has 0 bridgehead atoms. The Morgan fingerprint density at radius 2 is 2.31 bits per heavy atom. The summed E-state index contributed by atoms with van der Waals surface area (Å²) in [4.78, 5) is 4.41. The van der Waals surface area contributed by atoms with Crippen LogP contribution in [0.1, 0.15) is 32.0 Å². The van der Waals surface area contributed by atoms with E-state index in [4.69, 9.17) is 0 Å². The van der Waals surface area contributed by atoms with Gasteiger partial charge in [0.05, 0.1) is 0 Å². The lowest BCUT2D eigenvalue weighted by atomic mass is 9.96. The number of aromatic nitrogens is 2. The van der Waals surface area contributed by atoms with Crippen molar-refractivity contribution in [3.8, 4) is 0 Å². The zero-order valence-corrected chi connectivity index (χ0v) is 10.4. The van der Waals surface area contributed by atoms with E-state index in [1.807, 2.05) is 31.6 Å². The smallest absolute Gasteiger partial charge is 0.115 e. The number of nitrogens with zero attached hydrogens (tertiary/aromatic N) is 2. The molecule has 0 aliphatic carbocycles. The first-order valence-electron chi connectivity index (χ1n) is 5.63. The van der Waals surface area contributed by atoms with Gasteiger partial charge in [0, 0.05) is 25.4 Å². The maximum absolute atomic E-state index is 4.41. The summed E-state index contributed by atoms with van der Waals surface area (Å²) < 4.78 is 2.09. The van der Waals surface area contributed by atoms with Crippen LogP contribution in [0, 0.1) is 0 Å². The van der Waals surface area contributed by atoms with Crippen LogP contribution in [0.5, 0.6) is 0 Å². The molecule has 86 valence electrons. The van der Waals surface area contributed by atoms with Crippen LogP contribution in [0.2, 0.25) is 0 Å². The molecule has 0 amide bonds. The van der Waals surface area contributed by atoms with Crippen LogP contribution in [0.15, 0.2) is 48.8 Å². The predicted octanol–water partition coefficient (Wildman–Crippen LogP) is 3.60. The number of aryl methyl sites for hydroxylation is 1. The molecule has 0 spiro atoms.